The van der Waals surface area contributed by atoms with Crippen LogP contribution in [-0.4, -0.2) is 21.1 Å². The number of aromatic amines is 1. The Balaban J connectivity index is 2.15. The molecule has 1 aromatic heterocycles. The fourth-order valence-corrected chi connectivity index (χ4v) is 1.18. The van der Waals surface area contributed by atoms with Crippen molar-refractivity contribution in [3.05, 3.63) is 41.7 Å². The molecule has 0 saturated heterocycles. The number of halogens is 1. The topological polar surface area (TPSA) is 70.7 Å². The summed E-state index contributed by atoms with van der Waals surface area (Å²) in [5.74, 6) is -0.739. The van der Waals surface area contributed by atoms with E-state index in [0.717, 1.165) is 0 Å². The smallest absolute Gasteiger partial charge is 0.292 e. The molecular formula is C10H9FN4O. The summed E-state index contributed by atoms with van der Waals surface area (Å²) in [6, 6.07) is 4.46. The zero-order valence-electron chi connectivity index (χ0n) is 8.49. The van der Waals surface area contributed by atoms with Crippen molar-refractivity contribution in [1.82, 2.24) is 15.2 Å². The number of rotatable bonds is 2. The van der Waals surface area contributed by atoms with Crippen molar-refractivity contribution in [3.63, 3.8) is 0 Å². The van der Waals surface area contributed by atoms with Crippen LogP contribution in [0.5, 0.6) is 0 Å². The molecule has 0 saturated carbocycles. The van der Waals surface area contributed by atoms with E-state index in [9.17, 15) is 9.18 Å². The third kappa shape index (κ3) is 2.05. The van der Waals surface area contributed by atoms with Gasteiger partial charge in [-0.05, 0) is 24.6 Å². The highest BCUT2D eigenvalue weighted by molar-refractivity contribution is 6.01. The van der Waals surface area contributed by atoms with Crippen molar-refractivity contribution < 1.29 is 9.18 Å². The van der Waals surface area contributed by atoms with E-state index in [1.165, 1.54) is 12.4 Å². The summed E-state index contributed by atoms with van der Waals surface area (Å²) in [6.07, 6.45) is 1.23. The first-order valence-electron chi connectivity index (χ1n) is 4.59. The van der Waals surface area contributed by atoms with Crippen LogP contribution in [0, 0.1) is 12.7 Å². The molecule has 16 heavy (non-hydrogen) atoms. The molecule has 0 aliphatic rings. The lowest BCUT2D eigenvalue weighted by atomic mass is 10.2. The van der Waals surface area contributed by atoms with Gasteiger partial charge in [0, 0.05) is 5.69 Å². The summed E-state index contributed by atoms with van der Waals surface area (Å²) in [4.78, 5) is 15.2. The van der Waals surface area contributed by atoms with Crippen LogP contribution in [0.15, 0.2) is 24.5 Å². The molecule has 2 N–H and O–H groups in total. The van der Waals surface area contributed by atoms with Crippen LogP contribution in [-0.2, 0) is 0 Å². The van der Waals surface area contributed by atoms with E-state index in [1.807, 2.05) is 0 Å². The van der Waals surface area contributed by atoms with Crippen LogP contribution in [0.25, 0.3) is 0 Å². The maximum Gasteiger partial charge on any atom is 0.292 e. The van der Waals surface area contributed by atoms with Crippen LogP contribution in [0.2, 0.25) is 0 Å². The van der Waals surface area contributed by atoms with Crippen LogP contribution in [0.4, 0.5) is 10.1 Å². The number of aromatic nitrogens is 3. The molecule has 0 spiro atoms. The number of aryl methyl sites for hydroxylation is 1. The van der Waals surface area contributed by atoms with Gasteiger partial charge in [-0.25, -0.2) is 9.37 Å². The minimum absolute atomic E-state index is 0.0842. The molecule has 6 heteroatoms. The quantitative estimate of drug-likeness (QED) is 0.805. The van der Waals surface area contributed by atoms with Crippen LogP contribution in [0.1, 0.15) is 16.2 Å². The minimum atomic E-state index is -0.458. The molecule has 1 heterocycles. The molecule has 0 fully saturated rings. The maximum atomic E-state index is 13.2. The Morgan fingerprint density at radius 2 is 2.31 bits per heavy atom. The maximum absolute atomic E-state index is 13.2. The molecule has 5 nitrogen and oxygen atoms in total. The van der Waals surface area contributed by atoms with Gasteiger partial charge >= 0.3 is 0 Å². The van der Waals surface area contributed by atoms with E-state index in [4.69, 9.17) is 0 Å². The third-order valence-corrected chi connectivity index (χ3v) is 2.06. The third-order valence-electron chi connectivity index (χ3n) is 2.06. The molecule has 1 aromatic carbocycles. The van der Waals surface area contributed by atoms with E-state index in [2.05, 4.69) is 20.5 Å². The van der Waals surface area contributed by atoms with Crippen LogP contribution < -0.4 is 5.32 Å². The molecule has 0 radical (unpaired) electrons. The highest BCUT2D eigenvalue weighted by atomic mass is 19.1. The Labute approximate surface area is 90.7 Å². The predicted octanol–water partition coefficient (Wildman–Crippen LogP) is 1.50. The van der Waals surface area contributed by atoms with Gasteiger partial charge in [-0.1, -0.05) is 6.07 Å². The number of anilines is 1. The fraction of sp³-hybridized carbons (Fsp3) is 0.100. The lowest BCUT2D eigenvalue weighted by Crippen LogP contribution is -2.13. The molecule has 0 atom stereocenters. The van der Waals surface area contributed by atoms with Gasteiger partial charge in [0.05, 0.1) is 0 Å². The van der Waals surface area contributed by atoms with Crippen molar-refractivity contribution in [3.8, 4) is 0 Å². The normalized spacial score (nSPS) is 10.1. The van der Waals surface area contributed by atoms with Crippen molar-refractivity contribution in [2.24, 2.45) is 0 Å². The summed E-state index contributed by atoms with van der Waals surface area (Å²) in [6.45, 7) is 1.65. The molecule has 0 unspecified atom stereocenters. The van der Waals surface area contributed by atoms with Crippen molar-refractivity contribution >= 4 is 11.6 Å². The molecule has 2 aromatic rings. The number of hydrogen-bond donors (Lipinski definition) is 2. The van der Waals surface area contributed by atoms with Crippen LogP contribution >= 0.6 is 0 Å². The second-order valence-electron chi connectivity index (χ2n) is 3.25. The van der Waals surface area contributed by atoms with Crippen molar-refractivity contribution in [2.45, 2.75) is 6.92 Å². The zero-order valence-corrected chi connectivity index (χ0v) is 8.49. The van der Waals surface area contributed by atoms with Gasteiger partial charge in [0.15, 0.2) is 0 Å². The van der Waals surface area contributed by atoms with Crippen molar-refractivity contribution in [2.75, 3.05) is 5.32 Å². The van der Waals surface area contributed by atoms with E-state index >= 15 is 0 Å². The van der Waals surface area contributed by atoms with E-state index in [-0.39, 0.29) is 11.6 Å². The number of H-pyrrole nitrogens is 1. The van der Waals surface area contributed by atoms with Gasteiger partial charge < -0.3 is 5.32 Å². The van der Waals surface area contributed by atoms with Crippen LogP contribution in [0.3, 0.4) is 0 Å². The molecule has 82 valence electrons. The number of amides is 1. The number of nitrogens with one attached hydrogen (secondary N) is 2. The first-order valence-corrected chi connectivity index (χ1v) is 4.59. The lowest BCUT2D eigenvalue weighted by Gasteiger charge is -2.03. The number of nitrogens with zero attached hydrogens (tertiary/aromatic N) is 2. The van der Waals surface area contributed by atoms with Gasteiger partial charge in [0.2, 0.25) is 5.82 Å². The average Bonchev–Trinajstić information content (AvgIpc) is 2.77. The van der Waals surface area contributed by atoms with Gasteiger partial charge in [0.1, 0.15) is 12.1 Å². The molecule has 0 bridgehead atoms. The average molecular weight is 220 g/mol. The first kappa shape index (κ1) is 10.3. The summed E-state index contributed by atoms with van der Waals surface area (Å²) in [7, 11) is 0. The summed E-state index contributed by atoms with van der Waals surface area (Å²) in [5.41, 5.74) is 0.905. The second kappa shape index (κ2) is 4.09. The molecule has 2 rings (SSSR count). The highest BCUT2D eigenvalue weighted by Gasteiger charge is 2.09. The number of benzene rings is 1. The van der Waals surface area contributed by atoms with Gasteiger partial charge in [-0.2, -0.15) is 5.10 Å². The molecule has 1 amide bonds. The van der Waals surface area contributed by atoms with Gasteiger partial charge in [-0.3, -0.25) is 9.89 Å². The fourth-order valence-electron chi connectivity index (χ4n) is 1.18. The first-order chi connectivity index (χ1) is 7.66. The largest absolute Gasteiger partial charge is 0.319 e. The standard InChI is InChI=1S/C10H9FN4O/c1-6-2-3-7(4-8(6)11)14-10(16)9-12-5-13-15-9/h2-5H,1H3,(H,14,16)(H,12,13,15). The summed E-state index contributed by atoms with van der Waals surface area (Å²) < 4.78 is 13.2. The Morgan fingerprint density at radius 3 is 2.94 bits per heavy atom. The lowest BCUT2D eigenvalue weighted by molar-refractivity contribution is 0.101. The summed E-state index contributed by atoms with van der Waals surface area (Å²) in [5, 5.41) is 8.46. The summed E-state index contributed by atoms with van der Waals surface area (Å²) >= 11 is 0. The Kier molecular flexibility index (Phi) is 2.63. The Bertz CT molecular complexity index is 510. The van der Waals surface area contributed by atoms with E-state index in [1.54, 1.807) is 19.1 Å². The predicted molar refractivity (Wildman–Crippen MR) is 55.5 cm³/mol. The van der Waals surface area contributed by atoms with E-state index < -0.39 is 5.91 Å². The van der Waals surface area contributed by atoms with Gasteiger partial charge in [0.25, 0.3) is 5.91 Å². The Hall–Kier alpha value is -2.24. The molecule has 0 aliphatic heterocycles. The second-order valence-corrected chi connectivity index (χ2v) is 3.25. The number of carbonyl (C=O) groups is 1. The molecule has 0 aliphatic carbocycles. The number of hydrogen-bond acceptors (Lipinski definition) is 3. The zero-order chi connectivity index (χ0) is 11.5. The van der Waals surface area contributed by atoms with E-state index in [0.29, 0.717) is 11.3 Å². The minimum Gasteiger partial charge on any atom is -0.319 e. The molecular weight excluding hydrogens is 211 g/mol. The van der Waals surface area contributed by atoms with Gasteiger partial charge in [-0.15, -0.1) is 0 Å². The number of carbonyl (C=O) groups excluding carboxylic acids is 1. The highest BCUT2D eigenvalue weighted by Crippen LogP contribution is 2.13. The Morgan fingerprint density at radius 1 is 1.50 bits per heavy atom. The SMILES string of the molecule is Cc1ccc(NC(=O)c2ncn[nH]2)cc1F. The van der Waals surface area contributed by atoms with Crippen molar-refractivity contribution in [1.29, 1.82) is 0 Å². The monoisotopic (exact) mass is 220 g/mol.